The number of carbonyl (C=O) groups is 1. The molecule has 7 heteroatoms. The van der Waals surface area contributed by atoms with Crippen molar-refractivity contribution >= 4 is 17.7 Å². The predicted molar refractivity (Wildman–Crippen MR) is 80.7 cm³/mol. The molecule has 2 heterocycles. The van der Waals surface area contributed by atoms with Gasteiger partial charge in [0.1, 0.15) is 5.82 Å². The van der Waals surface area contributed by atoms with Gasteiger partial charge in [0, 0.05) is 18.5 Å². The number of hydrogen-bond donors (Lipinski definition) is 1. The summed E-state index contributed by atoms with van der Waals surface area (Å²) >= 11 is 1.28. The topological polar surface area (TPSA) is 71.2 Å². The minimum Gasteiger partial charge on any atom is -0.481 e. The van der Waals surface area contributed by atoms with Crippen molar-refractivity contribution in [2.45, 2.75) is 49.7 Å². The van der Waals surface area contributed by atoms with E-state index in [1.807, 2.05) is 0 Å². The van der Waals surface area contributed by atoms with E-state index < -0.39 is 5.97 Å². The third kappa shape index (κ3) is 3.58. The number of hydrogen-bond acceptors (Lipinski definition) is 5. The SMILES string of the molecule is CC(CN1CCCC1)n1c(SCC(=O)O)nnc1C1CC1. The summed E-state index contributed by atoms with van der Waals surface area (Å²) in [6.45, 7) is 5.53. The second-order valence-electron chi connectivity index (χ2n) is 6.02. The largest absolute Gasteiger partial charge is 0.481 e. The third-order valence-corrected chi connectivity index (χ3v) is 5.05. The molecule has 1 unspecified atom stereocenters. The lowest BCUT2D eigenvalue weighted by Gasteiger charge is -2.23. The fraction of sp³-hybridized carbons (Fsp3) is 0.786. The van der Waals surface area contributed by atoms with Crippen molar-refractivity contribution in [1.29, 1.82) is 0 Å². The van der Waals surface area contributed by atoms with Crippen LogP contribution < -0.4 is 0 Å². The van der Waals surface area contributed by atoms with Gasteiger partial charge in [-0.15, -0.1) is 10.2 Å². The van der Waals surface area contributed by atoms with Crippen molar-refractivity contribution in [2.75, 3.05) is 25.4 Å². The van der Waals surface area contributed by atoms with Crippen molar-refractivity contribution in [3.8, 4) is 0 Å². The molecule has 2 fully saturated rings. The van der Waals surface area contributed by atoms with Gasteiger partial charge in [-0.1, -0.05) is 11.8 Å². The van der Waals surface area contributed by atoms with Crippen LogP contribution in [0.2, 0.25) is 0 Å². The van der Waals surface area contributed by atoms with Crippen molar-refractivity contribution in [2.24, 2.45) is 0 Å². The molecule has 1 saturated carbocycles. The van der Waals surface area contributed by atoms with Crippen LogP contribution in [-0.4, -0.2) is 56.1 Å². The van der Waals surface area contributed by atoms with E-state index in [2.05, 4.69) is 26.6 Å². The molecular formula is C14H22N4O2S. The Labute approximate surface area is 128 Å². The lowest BCUT2D eigenvalue weighted by molar-refractivity contribution is -0.133. The van der Waals surface area contributed by atoms with Gasteiger partial charge in [-0.25, -0.2) is 0 Å². The average Bonchev–Trinajstić information content (AvgIpc) is 2.99. The molecule has 1 aromatic rings. The Hall–Kier alpha value is -1.08. The van der Waals surface area contributed by atoms with Crippen LogP contribution >= 0.6 is 11.8 Å². The smallest absolute Gasteiger partial charge is 0.313 e. The molecule has 1 aliphatic heterocycles. The number of nitrogens with zero attached hydrogens (tertiary/aromatic N) is 4. The molecule has 1 atom stereocenters. The Morgan fingerprint density at radius 1 is 1.38 bits per heavy atom. The van der Waals surface area contributed by atoms with Crippen LogP contribution in [0.3, 0.4) is 0 Å². The summed E-state index contributed by atoms with van der Waals surface area (Å²) in [5.41, 5.74) is 0. The van der Waals surface area contributed by atoms with Gasteiger partial charge in [0.05, 0.1) is 5.75 Å². The molecule has 1 saturated heterocycles. The van der Waals surface area contributed by atoms with Gasteiger partial charge < -0.3 is 14.6 Å². The highest BCUT2D eigenvalue weighted by atomic mass is 32.2. The number of thioether (sulfide) groups is 1. The zero-order valence-corrected chi connectivity index (χ0v) is 13.2. The fourth-order valence-electron chi connectivity index (χ4n) is 2.97. The first kappa shape index (κ1) is 14.8. The van der Waals surface area contributed by atoms with Gasteiger partial charge in [0.15, 0.2) is 5.16 Å². The Morgan fingerprint density at radius 3 is 2.71 bits per heavy atom. The summed E-state index contributed by atoms with van der Waals surface area (Å²) in [7, 11) is 0. The van der Waals surface area contributed by atoms with Crippen LogP contribution in [0.1, 0.15) is 50.4 Å². The summed E-state index contributed by atoms with van der Waals surface area (Å²) in [6.07, 6.45) is 4.92. The van der Waals surface area contributed by atoms with Crippen molar-refractivity contribution in [3.05, 3.63) is 5.82 Å². The van der Waals surface area contributed by atoms with Gasteiger partial charge in [0.25, 0.3) is 0 Å². The molecule has 0 spiro atoms. The second kappa shape index (κ2) is 6.36. The van der Waals surface area contributed by atoms with Crippen LogP contribution in [-0.2, 0) is 4.79 Å². The molecule has 6 nitrogen and oxygen atoms in total. The Balaban J connectivity index is 1.75. The monoisotopic (exact) mass is 310 g/mol. The number of carboxylic acids is 1. The highest BCUT2D eigenvalue weighted by molar-refractivity contribution is 7.99. The molecular weight excluding hydrogens is 288 g/mol. The zero-order chi connectivity index (χ0) is 14.8. The Morgan fingerprint density at radius 2 is 2.10 bits per heavy atom. The molecule has 0 radical (unpaired) electrons. The van der Waals surface area contributed by atoms with Crippen LogP contribution in [0.15, 0.2) is 5.16 Å². The first-order valence-electron chi connectivity index (χ1n) is 7.67. The molecule has 1 aliphatic carbocycles. The van der Waals surface area contributed by atoms with Crippen LogP contribution in [0.4, 0.5) is 0 Å². The maximum absolute atomic E-state index is 10.8. The molecule has 3 rings (SSSR count). The summed E-state index contributed by atoms with van der Waals surface area (Å²) in [4.78, 5) is 13.3. The van der Waals surface area contributed by atoms with E-state index in [1.165, 1.54) is 50.5 Å². The van der Waals surface area contributed by atoms with Crippen LogP contribution in [0.5, 0.6) is 0 Å². The quantitative estimate of drug-likeness (QED) is 0.777. The maximum Gasteiger partial charge on any atom is 0.313 e. The van der Waals surface area contributed by atoms with E-state index in [0.29, 0.717) is 12.0 Å². The minimum atomic E-state index is -0.810. The molecule has 1 N–H and O–H groups in total. The Kier molecular flexibility index (Phi) is 4.49. The average molecular weight is 310 g/mol. The van der Waals surface area contributed by atoms with Crippen molar-refractivity contribution < 1.29 is 9.90 Å². The molecule has 0 bridgehead atoms. The second-order valence-corrected chi connectivity index (χ2v) is 6.97. The van der Waals surface area contributed by atoms with Gasteiger partial charge in [-0.2, -0.15) is 0 Å². The lowest BCUT2D eigenvalue weighted by atomic mass is 10.3. The van der Waals surface area contributed by atoms with Crippen LogP contribution in [0, 0.1) is 0 Å². The van der Waals surface area contributed by atoms with E-state index in [9.17, 15) is 4.79 Å². The highest BCUT2D eigenvalue weighted by Crippen LogP contribution is 2.41. The fourth-order valence-corrected chi connectivity index (χ4v) is 3.73. The predicted octanol–water partition coefficient (Wildman–Crippen LogP) is 1.99. The van der Waals surface area contributed by atoms with Gasteiger partial charge >= 0.3 is 5.97 Å². The summed E-state index contributed by atoms with van der Waals surface area (Å²) in [5, 5.41) is 18.2. The standard InChI is InChI=1S/C14H22N4O2S/c1-10(8-17-6-2-3-7-17)18-13(11-4-5-11)15-16-14(18)21-9-12(19)20/h10-11H,2-9H2,1H3,(H,19,20). The van der Waals surface area contributed by atoms with Gasteiger partial charge in [-0.3, -0.25) is 4.79 Å². The minimum absolute atomic E-state index is 0.0409. The summed E-state index contributed by atoms with van der Waals surface area (Å²) in [5.74, 6) is 0.807. The summed E-state index contributed by atoms with van der Waals surface area (Å²) in [6, 6.07) is 0.296. The molecule has 2 aliphatic rings. The molecule has 1 aromatic heterocycles. The summed E-state index contributed by atoms with van der Waals surface area (Å²) < 4.78 is 2.18. The van der Waals surface area contributed by atoms with Gasteiger partial charge in [-0.05, 0) is 45.7 Å². The number of carboxylic acid groups (broad SMARTS) is 1. The van der Waals surface area contributed by atoms with E-state index in [-0.39, 0.29) is 5.75 Å². The van der Waals surface area contributed by atoms with E-state index in [4.69, 9.17) is 5.11 Å². The Bertz CT molecular complexity index is 509. The van der Waals surface area contributed by atoms with Gasteiger partial charge in [0.2, 0.25) is 0 Å². The molecule has 21 heavy (non-hydrogen) atoms. The zero-order valence-electron chi connectivity index (χ0n) is 12.4. The number of likely N-dealkylation sites (tertiary alicyclic amines) is 1. The van der Waals surface area contributed by atoms with Crippen molar-refractivity contribution in [1.82, 2.24) is 19.7 Å². The third-order valence-electron chi connectivity index (χ3n) is 4.12. The normalized spacial score (nSPS) is 20.8. The van der Waals surface area contributed by atoms with E-state index >= 15 is 0 Å². The molecule has 0 aromatic carbocycles. The van der Waals surface area contributed by atoms with E-state index in [0.717, 1.165) is 17.5 Å². The molecule has 0 amide bonds. The number of aromatic nitrogens is 3. The first-order chi connectivity index (χ1) is 10.1. The van der Waals surface area contributed by atoms with Crippen molar-refractivity contribution in [3.63, 3.8) is 0 Å². The highest BCUT2D eigenvalue weighted by Gasteiger charge is 2.32. The number of rotatable bonds is 7. The lowest BCUT2D eigenvalue weighted by Crippen LogP contribution is -2.28. The maximum atomic E-state index is 10.8. The number of aliphatic carboxylic acids is 1. The van der Waals surface area contributed by atoms with E-state index in [1.54, 1.807) is 0 Å². The molecule has 116 valence electrons. The van der Waals surface area contributed by atoms with Crippen LogP contribution in [0.25, 0.3) is 0 Å². The first-order valence-corrected chi connectivity index (χ1v) is 8.65.